The van der Waals surface area contributed by atoms with Crippen molar-refractivity contribution in [3.63, 3.8) is 0 Å². The molecule has 5 heteroatoms. The monoisotopic (exact) mass is 571 g/mol. The second kappa shape index (κ2) is 13.1. The molecule has 0 spiro atoms. The van der Waals surface area contributed by atoms with E-state index >= 15 is 0 Å². The molecular formula is C29H33Cl2NOZr. The van der Waals surface area contributed by atoms with Crippen molar-refractivity contribution in [2.45, 2.75) is 57.9 Å². The van der Waals surface area contributed by atoms with Gasteiger partial charge in [-0.2, -0.15) is 0 Å². The number of hydrogen-bond donors (Lipinski definition) is 1. The molecule has 1 N–H and O–H groups in total. The fourth-order valence-electron chi connectivity index (χ4n) is 4.81. The molecule has 2 nitrogen and oxygen atoms in total. The van der Waals surface area contributed by atoms with Crippen molar-refractivity contribution in [3.05, 3.63) is 89.5 Å². The van der Waals surface area contributed by atoms with E-state index < -0.39 is 20.8 Å². The van der Waals surface area contributed by atoms with E-state index in [2.05, 4.69) is 69.3 Å². The van der Waals surface area contributed by atoms with Crippen LogP contribution in [0.25, 0.3) is 11.1 Å². The van der Waals surface area contributed by atoms with Crippen molar-refractivity contribution >= 4 is 23.2 Å². The van der Waals surface area contributed by atoms with Crippen LogP contribution in [0, 0.1) is 5.92 Å². The van der Waals surface area contributed by atoms with Gasteiger partial charge in [0.1, 0.15) is 5.75 Å². The zero-order valence-electron chi connectivity index (χ0n) is 20.1. The Morgan fingerprint density at radius 1 is 0.912 bits per heavy atom. The first-order valence-electron chi connectivity index (χ1n) is 11.9. The third-order valence-electron chi connectivity index (χ3n) is 6.93. The number of nitrogens with zero attached hydrogens (tertiary/aromatic N) is 1. The van der Waals surface area contributed by atoms with Crippen LogP contribution in [-0.2, 0) is 26.3 Å². The molecule has 1 saturated carbocycles. The van der Waals surface area contributed by atoms with E-state index in [-0.39, 0.29) is 5.41 Å². The number of hydrogen-bond acceptors (Lipinski definition) is 2. The van der Waals surface area contributed by atoms with E-state index in [1.54, 1.807) is 0 Å². The zero-order valence-corrected chi connectivity index (χ0v) is 24.1. The topological polar surface area (TPSA) is 32.6 Å². The molecule has 1 fully saturated rings. The van der Waals surface area contributed by atoms with Crippen LogP contribution in [0.5, 0.6) is 5.75 Å². The third-order valence-corrected chi connectivity index (χ3v) is 6.93. The maximum atomic E-state index is 11.5. The van der Waals surface area contributed by atoms with E-state index in [0.717, 1.165) is 28.7 Å². The van der Waals surface area contributed by atoms with Crippen molar-refractivity contribution in [2.75, 3.05) is 0 Å². The Balaban J connectivity index is 0.00000103. The van der Waals surface area contributed by atoms with Gasteiger partial charge in [-0.3, -0.25) is 4.99 Å². The fourth-order valence-corrected chi connectivity index (χ4v) is 4.81. The summed E-state index contributed by atoms with van der Waals surface area (Å²) in [6.45, 7) is 6.64. The van der Waals surface area contributed by atoms with Crippen LogP contribution in [0.4, 0.5) is 0 Å². The summed E-state index contributed by atoms with van der Waals surface area (Å²) in [6, 6.07) is 25.2. The van der Waals surface area contributed by atoms with E-state index in [4.69, 9.17) is 22.0 Å². The summed E-state index contributed by atoms with van der Waals surface area (Å²) in [6.07, 6.45) is 6.85. The quantitative estimate of drug-likeness (QED) is 0.304. The Hall–Kier alpha value is -1.41. The Morgan fingerprint density at radius 2 is 1.50 bits per heavy atom. The predicted octanol–water partition coefficient (Wildman–Crippen LogP) is 8.76. The zero-order chi connectivity index (χ0) is 24.6. The van der Waals surface area contributed by atoms with Crippen molar-refractivity contribution in [1.29, 1.82) is 0 Å². The molecule has 2 atom stereocenters. The van der Waals surface area contributed by atoms with Crippen LogP contribution < -0.4 is 0 Å². The molecule has 1 aliphatic carbocycles. The molecule has 0 radical (unpaired) electrons. The number of phenolic OH excluding ortho intramolecular Hbond substituents is 1. The number of benzene rings is 3. The molecule has 0 bridgehead atoms. The number of phenols is 1. The third kappa shape index (κ3) is 6.62. The van der Waals surface area contributed by atoms with Crippen LogP contribution >= 0.6 is 17.0 Å². The van der Waals surface area contributed by atoms with Gasteiger partial charge in [-0.05, 0) is 35.4 Å². The summed E-state index contributed by atoms with van der Waals surface area (Å²) in [5, 5.41) is 11.5. The van der Waals surface area contributed by atoms with Crippen LogP contribution in [0.2, 0.25) is 0 Å². The number of rotatable bonds is 5. The van der Waals surface area contributed by atoms with Gasteiger partial charge in [-0.1, -0.05) is 106 Å². The molecule has 0 aromatic heterocycles. The van der Waals surface area contributed by atoms with Crippen LogP contribution in [0.1, 0.15) is 63.1 Å². The summed E-state index contributed by atoms with van der Waals surface area (Å²) < 4.78 is 0. The predicted molar refractivity (Wildman–Crippen MR) is 143 cm³/mol. The van der Waals surface area contributed by atoms with Crippen LogP contribution in [0.15, 0.2) is 77.8 Å². The normalized spacial score (nSPS) is 18.3. The standard InChI is InChI=1S/C29H33NO.2ClH.Zr/c1-21-12-10-11-17-27(21)30-20-25-24(22-13-6-4-7-14-22)18-19-26(28(25)31)29(2,3)23-15-8-5-9-16-23;;;/h4-9,13-16,18-21,27,31H,10-12,17H2,1-3H3;2*1H;/q;;;+2/p-2. The molecule has 3 aromatic carbocycles. The minimum atomic E-state index is -0.826. The number of aromatic hydroxyl groups is 1. The second-order valence-corrected chi connectivity index (χ2v) is 13.2. The van der Waals surface area contributed by atoms with Crippen LogP contribution in [0.3, 0.4) is 0 Å². The molecule has 34 heavy (non-hydrogen) atoms. The average molecular weight is 574 g/mol. The van der Waals surface area contributed by atoms with Gasteiger partial charge < -0.3 is 5.11 Å². The number of aliphatic imine (C=N–C) groups is 1. The molecule has 178 valence electrons. The van der Waals surface area contributed by atoms with Gasteiger partial charge in [0, 0.05) is 22.8 Å². The molecule has 0 saturated heterocycles. The molecule has 1 aliphatic rings. The first-order valence-corrected chi connectivity index (χ1v) is 18.2. The van der Waals surface area contributed by atoms with Gasteiger partial charge >= 0.3 is 37.9 Å². The van der Waals surface area contributed by atoms with Crippen molar-refractivity contribution in [2.24, 2.45) is 10.9 Å². The summed E-state index contributed by atoms with van der Waals surface area (Å²) in [5.74, 6) is 0.929. The van der Waals surface area contributed by atoms with E-state index in [0.29, 0.717) is 17.7 Å². The van der Waals surface area contributed by atoms with Gasteiger partial charge in [-0.25, -0.2) is 0 Å². The summed E-state index contributed by atoms with van der Waals surface area (Å²) in [4.78, 5) is 4.99. The van der Waals surface area contributed by atoms with Gasteiger partial charge in [0.25, 0.3) is 0 Å². The summed E-state index contributed by atoms with van der Waals surface area (Å²) in [5.41, 5.74) is 4.74. The Bertz CT molecular complexity index is 1070. The van der Waals surface area contributed by atoms with E-state index in [1.165, 1.54) is 24.8 Å². The van der Waals surface area contributed by atoms with Gasteiger partial charge in [0.2, 0.25) is 0 Å². The fraction of sp³-hybridized carbons (Fsp3) is 0.345. The Morgan fingerprint density at radius 3 is 2.12 bits per heavy atom. The van der Waals surface area contributed by atoms with Crippen molar-refractivity contribution < 1.29 is 26.0 Å². The first-order chi connectivity index (χ1) is 16.4. The summed E-state index contributed by atoms with van der Waals surface area (Å²) in [7, 11) is 9.87. The molecule has 0 heterocycles. The van der Waals surface area contributed by atoms with Crippen molar-refractivity contribution in [3.8, 4) is 16.9 Å². The van der Waals surface area contributed by atoms with E-state index in [1.807, 2.05) is 30.5 Å². The molecular weight excluding hydrogens is 540 g/mol. The number of halogens is 2. The molecule has 4 rings (SSSR count). The second-order valence-electron chi connectivity index (χ2n) is 9.46. The molecule has 3 aromatic rings. The minimum absolute atomic E-state index is 0.318. The Kier molecular flexibility index (Phi) is 10.4. The first kappa shape index (κ1) is 27.2. The SMILES string of the molecule is CC1CCCCC1N=Cc1c(-c2ccccc2)ccc(C(C)(C)c2ccccc2)c1O.[Cl][Zr][Cl]. The Labute approximate surface area is 223 Å². The maximum absolute atomic E-state index is 11.5. The van der Waals surface area contributed by atoms with Crippen molar-refractivity contribution in [1.82, 2.24) is 0 Å². The van der Waals surface area contributed by atoms with Gasteiger partial charge in [0.15, 0.2) is 0 Å². The molecule has 0 aliphatic heterocycles. The summed E-state index contributed by atoms with van der Waals surface area (Å²) >= 11 is -0.826. The average Bonchev–Trinajstić information content (AvgIpc) is 2.85. The molecule has 0 amide bonds. The molecule has 2 unspecified atom stereocenters. The van der Waals surface area contributed by atoms with E-state index in [9.17, 15) is 5.11 Å². The van der Waals surface area contributed by atoms with Gasteiger partial charge in [0.05, 0.1) is 6.04 Å². The van der Waals surface area contributed by atoms with Gasteiger partial charge in [-0.15, -0.1) is 0 Å². The van der Waals surface area contributed by atoms with Crippen LogP contribution in [-0.4, -0.2) is 17.4 Å².